The summed E-state index contributed by atoms with van der Waals surface area (Å²) in [4.78, 5) is 24.6. The van der Waals surface area contributed by atoms with Gasteiger partial charge in [0, 0.05) is 21.2 Å². The van der Waals surface area contributed by atoms with Crippen molar-refractivity contribution in [1.29, 1.82) is 0 Å². The third-order valence-electron chi connectivity index (χ3n) is 4.81. The number of rotatable bonds is 8. The Morgan fingerprint density at radius 3 is 2.38 bits per heavy atom. The Balaban J connectivity index is 2.11. The van der Waals surface area contributed by atoms with Gasteiger partial charge in [-0.25, -0.2) is 9.48 Å². The fraction of sp³-hybridized carbons (Fsp3) is 0.227. The lowest BCUT2D eigenvalue weighted by atomic mass is 10.1. The number of nitrogens with one attached hydrogen (secondary N) is 1. The summed E-state index contributed by atoms with van der Waals surface area (Å²) >= 11 is 20.0. The summed E-state index contributed by atoms with van der Waals surface area (Å²) < 4.78 is 1.56. The average molecular weight is 513 g/mol. The maximum Gasteiger partial charge on any atom is 0.326 e. The van der Waals surface area contributed by atoms with Crippen molar-refractivity contribution < 1.29 is 14.7 Å². The van der Waals surface area contributed by atoms with E-state index in [1.165, 1.54) is 11.8 Å². The molecule has 3 rings (SSSR count). The molecule has 0 fully saturated rings. The number of hydrogen-bond donors (Lipinski definition) is 2. The molecule has 1 amide bonds. The predicted octanol–water partition coefficient (Wildman–Crippen LogP) is 5.74. The van der Waals surface area contributed by atoms with Crippen LogP contribution in [0.2, 0.25) is 15.1 Å². The zero-order chi connectivity index (χ0) is 23.4. The standard InChI is InChI=1S/C22H20Cl3N3O3S/c1-12-19(21(29)26-17(22(30)31)9-10-32-2)27-28(18-8-7-15(24)11-16(18)25)20(12)13-3-5-14(23)6-4-13/h3-8,11,17H,9-10H2,1-2H3,(H,26,29)(H,30,31)/t17-/m0/s1. The van der Waals surface area contributed by atoms with Crippen LogP contribution in [0.3, 0.4) is 0 Å². The Morgan fingerprint density at radius 1 is 1.12 bits per heavy atom. The molecule has 0 radical (unpaired) electrons. The largest absolute Gasteiger partial charge is 0.480 e. The van der Waals surface area contributed by atoms with E-state index >= 15 is 0 Å². The van der Waals surface area contributed by atoms with Crippen LogP contribution in [0.25, 0.3) is 16.9 Å². The van der Waals surface area contributed by atoms with Gasteiger partial charge in [-0.3, -0.25) is 4.79 Å². The zero-order valence-electron chi connectivity index (χ0n) is 17.2. The van der Waals surface area contributed by atoms with Crippen molar-refractivity contribution in [2.24, 2.45) is 0 Å². The van der Waals surface area contributed by atoms with Gasteiger partial charge < -0.3 is 10.4 Å². The minimum atomic E-state index is -1.09. The van der Waals surface area contributed by atoms with Gasteiger partial charge in [0.1, 0.15) is 6.04 Å². The van der Waals surface area contributed by atoms with Crippen LogP contribution in [0.1, 0.15) is 22.5 Å². The third kappa shape index (κ3) is 5.41. The molecule has 3 aromatic rings. The predicted molar refractivity (Wildman–Crippen MR) is 131 cm³/mol. The number of aliphatic carboxylic acids is 1. The highest BCUT2D eigenvalue weighted by molar-refractivity contribution is 7.98. The molecule has 0 saturated heterocycles. The van der Waals surface area contributed by atoms with Crippen molar-refractivity contribution >= 4 is 58.4 Å². The van der Waals surface area contributed by atoms with Crippen LogP contribution in [-0.2, 0) is 4.79 Å². The Morgan fingerprint density at radius 2 is 1.78 bits per heavy atom. The Kier molecular flexibility index (Phi) is 8.11. The van der Waals surface area contributed by atoms with Crippen molar-refractivity contribution in [3.05, 3.63) is 68.8 Å². The number of thioether (sulfide) groups is 1. The van der Waals surface area contributed by atoms with Crippen molar-refractivity contribution in [2.75, 3.05) is 12.0 Å². The monoisotopic (exact) mass is 511 g/mol. The molecule has 0 aliphatic rings. The zero-order valence-corrected chi connectivity index (χ0v) is 20.3. The van der Waals surface area contributed by atoms with E-state index in [2.05, 4.69) is 10.4 Å². The second kappa shape index (κ2) is 10.6. The summed E-state index contributed by atoms with van der Waals surface area (Å²) in [6.45, 7) is 1.75. The Labute approximate surface area is 204 Å². The van der Waals surface area contributed by atoms with Crippen LogP contribution in [-0.4, -0.2) is 44.8 Å². The van der Waals surface area contributed by atoms with Crippen LogP contribution in [0.15, 0.2) is 42.5 Å². The van der Waals surface area contributed by atoms with Gasteiger partial charge in [0.15, 0.2) is 5.69 Å². The first-order valence-corrected chi connectivity index (χ1v) is 12.1. The molecule has 32 heavy (non-hydrogen) atoms. The number of halogens is 3. The first-order valence-electron chi connectivity index (χ1n) is 9.56. The highest BCUT2D eigenvalue weighted by Crippen LogP contribution is 2.33. The van der Waals surface area contributed by atoms with E-state index in [0.29, 0.717) is 44.2 Å². The van der Waals surface area contributed by atoms with E-state index < -0.39 is 17.9 Å². The van der Waals surface area contributed by atoms with Crippen LogP contribution in [0.4, 0.5) is 0 Å². The highest BCUT2D eigenvalue weighted by Gasteiger charge is 2.26. The Bertz CT molecular complexity index is 1150. The number of aromatic nitrogens is 2. The fourth-order valence-corrected chi connectivity index (χ4v) is 4.29. The van der Waals surface area contributed by atoms with Crippen molar-refractivity contribution in [2.45, 2.75) is 19.4 Å². The smallest absolute Gasteiger partial charge is 0.326 e. The topological polar surface area (TPSA) is 84.2 Å². The number of hydrogen-bond acceptors (Lipinski definition) is 4. The van der Waals surface area contributed by atoms with E-state index in [4.69, 9.17) is 34.8 Å². The number of benzene rings is 2. The van der Waals surface area contributed by atoms with Gasteiger partial charge in [-0.05, 0) is 55.7 Å². The van der Waals surface area contributed by atoms with Crippen molar-refractivity contribution in [1.82, 2.24) is 15.1 Å². The molecule has 1 aromatic heterocycles. The minimum absolute atomic E-state index is 0.108. The summed E-state index contributed by atoms with van der Waals surface area (Å²) in [6.07, 6.45) is 2.18. The lowest BCUT2D eigenvalue weighted by Gasteiger charge is -2.13. The van der Waals surface area contributed by atoms with Gasteiger partial charge in [0.25, 0.3) is 5.91 Å². The average Bonchev–Trinajstić information content (AvgIpc) is 3.08. The number of carboxylic acid groups (broad SMARTS) is 1. The van der Waals surface area contributed by atoms with E-state index in [1.807, 2.05) is 18.4 Å². The van der Waals surface area contributed by atoms with Crippen LogP contribution >= 0.6 is 46.6 Å². The maximum absolute atomic E-state index is 13.0. The van der Waals surface area contributed by atoms with Gasteiger partial charge in [0.05, 0.1) is 16.4 Å². The van der Waals surface area contributed by atoms with Crippen LogP contribution in [0, 0.1) is 6.92 Å². The number of nitrogens with zero attached hydrogens (tertiary/aromatic N) is 2. The molecule has 168 valence electrons. The maximum atomic E-state index is 13.0. The van der Waals surface area contributed by atoms with E-state index in [1.54, 1.807) is 41.9 Å². The summed E-state index contributed by atoms with van der Waals surface area (Å²) in [5.41, 5.74) is 2.61. The van der Waals surface area contributed by atoms with E-state index in [-0.39, 0.29) is 5.69 Å². The molecule has 1 heterocycles. The normalized spacial score (nSPS) is 11.9. The first kappa shape index (κ1) is 24.5. The van der Waals surface area contributed by atoms with Gasteiger partial charge >= 0.3 is 5.97 Å². The first-order chi connectivity index (χ1) is 15.2. The molecule has 10 heteroatoms. The molecule has 2 N–H and O–H groups in total. The summed E-state index contributed by atoms with van der Waals surface area (Å²) in [7, 11) is 0. The summed E-state index contributed by atoms with van der Waals surface area (Å²) in [6, 6.07) is 11.0. The number of amides is 1. The number of carboxylic acids is 1. The van der Waals surface area contributed by atoms with Gasteiger partial charge in [-0.1, -0.05) is 46.9 Å². The van der Waals surface area contributed by atoms with Crippen LogP contribution in [0.5, 0.6) is 0 Å². The molecule has 6 nitrogen and oxygen atoms in total. The molecular weight excluding hydrogens is 493 g/mol. The van der Waals surface area contributed by atoms with E-state index in [0.717, 1.165) is 5.56 Å². The molecular formula is C22H20Cl3N3O3S. The van der Waals surface area contributed by atoms with Gasteiger partial charge in [-0.2, -0.15) is 16.9 Å². The van der Waals surface area contributed by atoms with Crippen molar-refractivity contribution in [3.8, 4) is 16.9 Å². The molecule has 0 aliphatic carbocycles. The summed E-state index contributed by atoms with van der Waals surface area (Å²) in [5, 5.41) is 18.0. The molecule has 0 aliphatic heterocycles. The third-order valence-corrected chi connectivity index (χ3v) is 6.24. The molecule has 0 saturated carbocycles. The van der Waals surface area contributed by atoms with Gasteiger partial charge in [0.2, 0.25) is 0 Å². The molecule has 2 aromatic carbocycles. The fourth-order valence-electron chi connectivity index (χ4n) is 3.21. The van der Waals surface area contributed by atoms with Crippen LogP contribution < -0.4 is 5.32 Å². The second-order valence-electron chi connectivity index (χ2n) is 6.98. The Hall–Kier alpha value is -2.19. The highest BCUT2D eigenvalue weighted by atomic mass is 35.5. The summed E-state index contributed by atoms with van der Waals surface area (Å²) in [5.74, 6) is -1.07. The molecule has 0 spiro atoms. The molecule has 1 atom stereocenters. The lowest BCUT2D eigenvalue weighted by molar-refractivity contribution is -0.139. The minimum Gasteiger partial charge on any atom is -0.480 e. The second-order valence-corrected chi connectivity index (χ2v) is 9.25. The number of carbonyl (C=O) groups is 2. The van der Waals surface area contributed by atoms with E-state index in [9.17, 15) is 14.7 Å². The number of carbonyl (C=O) groups excluding carboxylic acids is 1. The lowest BCUT2D eigenvalue weighted by Crippen LogP contribution is -2.41. The van der Waals surface area contributed by atoms with Gasteiger partial charge in [-0.15, -0.1) is 0 Å². The van der Waals surface area contributed by atoms with Crippen molar-refractivity contribution in [3.63, 3.8) is 0 Å². The SMILES string of the molecule is CSCC[C@H](NC(=O)c1nn(-c2ccc(Cl)cc2Cl)c(-c2ccc(Cl)cc2)c1C)C(=O)O. The molecule has 0 bridgehead atoms. The molecule has 0 unspecified atom stereocenters. The quantitative estimate of drug-likeness (QED) is 0.402.